The van der Waals surface area contributed by atoms with Crippen LogP contribution in [0.2, 0.25) is 0 Å². The fraction of sp³-hybridized carbons (Fsp3) is 0.333. The molecule has 3 amide bonds. The van der Waals surface area contributed by atoms with Crippen molar-refractivity contribution in [2.24, 2.45) is 0 Å². The molecule has 7 heteroatoms. The van der Waals surface area contributed by atoms with Crippen LogP contribution in [0.1, 0.15) is 6.42 Å². The van der Waals surface area contributed by atoms with Crippen LogP contribution in [-0.4, -0.2) is 31.0 Å². The average Bonchev–Trinajstić information content (AvgIpc) is 2.38. The Kier molecular flexibility index (Phi) is 4.46. The lowest BCUT2D eigenvalue weighted by molar-refractivity contribution is -0.119. The minimum Gasteiger partial charge on any atom is -0.486 e. The Morgan fingerprint density at radius 2 is 1.95 bits per heavy atom. The zero-order valence-electron chi connectivity index (χ0n) is 10.1. The van der Waals surface area contributed by atoms with Crippen LogP contribution in [-0.2, 0) is 4.79 Å². The zero-order valence-corrected chi connectivity index (χ0v) is 10.8. The van der Waals surface area contributed by atoms with Gasteiger partial charge in [0.2, 0.25) is 5.91 Å². The van der Waals surface area contributed by atoms with E-state index >= 15 is 0 Å². The number of benzene rings is 1. The first-order valence-corrected chi connectivity index (χ1v) is 6.29. The molecule has 2 N–H and O–H groups in total. The van der Waals surface area contributed by atoms with Crippen molar-refractivity contribution in [3.8, 4) is 11.5 Å². The van der Waals surface area contributed by atoms with E-state index in [1.807, 2.05) is 0 Å². The summed E-state index contributed by atoms with van der Waals surface area (Å²) in [6.45, 7) is 0.976. The SMILES string of the molecule is O=C(CCCl)NC(=O)Nc1ccc2c(c1)OCCO2. The molecule has 2 rings (SSSR count). The molecule has 0 radical (unpaired) electrons. The second-order valence-corrected chi connectivity index (χ2v) is 4.18. The number of amides is 3. The van der Waals surface area contributed by atoms with E-state index in [2.05, 4.69) is 10.6 Å². The Morgan fingerprint density at radius 3 is 2.68 bits per heavy atom. The van der Waals surface area contributed by atoms with Gasteiger partial charge >= 0.3 is 6.03 Å². The van der Waals surface area contributed by atoms with Gasteiger partial charge in [-0.25, -0.2) is 4.79 Å². The van der Waals surface area contributed by atoms with Crippen LogP contribution in [0.4, 0.5) is 10.5 Å². The number of ether oxygens (including phenoxy) is 2. The molecule has 0 aromatic heterocycles. The molecule has 0 aliphatic carbocycles. The van der Waals surface area contributed by atoms with Crippen LogP contribution in [0.25, 0.3) is 0 Å². The zero-order chi connectivity index (χ0) is 13.7. The molecule has 0 atom stereocenters. The lowest BCUT2D eigenvalue weighted by Gasteiger charge is -2.19. The molecular weight excluding hydrogens is 272 g/mol. The number of urea groups is 1. The molecule has 6 nitrogen and oxygen atoms in total. The van der Waals surface area contributed by atoms with Crippen molar-refractivity contribution in [2.45, 2.75) is 6.42 Å². The topological polar surface area (TPSA) is 76.7 Å². The number of hydrogen-bond donors (Lipinski definition) is 2. The lowest BCUT2D eigenvalue weighted by atomic mass is 10.2. The maximum absolute atomic E-state index is 11.5. The monoisotopic (exact) mass is 284 g/mol. The van der Waals surface area contributed by atoms with Gasteiger partial charge in [-0.3, -0.25) is 10.1 Å². The average molecular weight is 285 g/mol. The van der Waals surface area contributed by atoms with Crippen molar-refractivity contribution in [3.05, 3.63) is 18.2 Å². The molecule has 1 heterocycles. The van der Waals surface area contributed by atoms with E-state index in [-0.39, 0.29) is 12.3 Å². The van der Waals surface area contributed by atoms with Gasteiger partial charge in [-0.05, 0) is 12.1 Å². The highest BCUT2D eigenvalue weighted by Gasteiger charge is 2.13. The first kappa shape index (κ1) is 13.5. The number of anilines is 1. The van der Waals surface area contributed by atoms with Crippen molar-refractivity contribution in [2.75, 3.05) is 24.4 Å². The molecule has 0 unspecified atom stereocenters. The molecule has 1 aromatic carbocycles. The molecule has 102 valence electrons. The molecule has 1 aromatic rings. The highest BCUT2D eigenvalue weighted by atomic mass is 35.5. The number of carbonyl (C=O) groups excluding carboxylic acids is 2. The summed E-state index contributed by atoms with van der Waals surface area (Å²) in [5.74, 6) is 0.944. The minimum absolute atomic E-state index is 0.0934. The Morgan fingerprint density at radius 1 is 1.21 bits per heavy atom. The summed E-state index contributed by atoms with van der Waals surface area (Å²) >= 11 is 5.40. The molecule has 0 saturated carbocycles. The Bertz CT molecular complexity index is 493. The van der Waals surface area contributed by atoms with Crippen LogP contribution in [0.15, 0.2) is 18.2 Å². The van der Waals surface area contributed by atoms with E-state index in [4.69, 9.17) is 21.1 Å². The molecule has 0 spiro atoms. The fourth-order valence-electron chi connectivity index (χ4n) is 1.56. The third-order valence-corrected chi connectivity index (χ3v) is 2.56. The van der Waals surface area contributed by atoms with Crippen LogP contribution in [0.3, 0.4) is 0 Å². The smallest absolute Gasteiger partial charge is 0.325 e. The van der Waals surface area contributed by atoms with E-state index in [1.54, 1.807) is 18.2 Å². The van der Waals surface area contributed by atoms with Crippen LogP contribution in [0, 0.1) is 0 Å². The number of imide groups is 1. The van der Waals surface area contributed by atoms with Gasteiger partial charge in [0.1, 0.15) is 13.2 Å². The maximum atomic E-state index is 11.5. The number of hydrogen-bond acceptors (Lipinski definition) is 4. The van der Waals surface area contributed by atoms with Gasteiger partial charge in [0.15, 0.2) is 11.5 Å². The van der Waals surface area contributed by atoms with Crippen LogP contribution >= 0.6 is 11.6 Å². The van der Waals surface area contributed by atoms with Gasteiger partial charge in [0.25, 0.3) is 0 Å². The number of fused-ring (bicyclic) bond motifs is 1. The predicted molar refractivity (Wildman–Crippen MR) is 69.9 cm³/mol. The summed E-state index contributed by atoms with van der Waals surface area (Å²) in [5.41, 5.74) is 0.514. The molecule has 0 bridgehead atoms. The number of rotatable bonds is 3. The normalized spacial score (nSPS) is 12.7. The molecule has 0 saturated heterocycles. The highest BCUT2D eigenvalue weighted by Crippen LogP contribution is 2.32. The first-order chi connectivity index (χ1) is 9.19. The molecule has 1 aliphatic rings. The van der Waals surface area contributed by atoms with Gasteiger partial charge in [-0.2, -0.15) is 0 Å². The third-order valence-electron chi connectivity index (χ3n) is 2.37. The maximum Gasteiger partial charge on any atom is 0.325 e. The lowest BCUT2D eigenvalue weighted by Crippen LogP contribution is -2.34. The first-order valence-electron chi connectivity index (χ1n) is 5.75. The number of alkyl halides is 1. The van der Waals surface area contributed by atoms with Crippen LogP contribution < -0.4 is 20.1 Å². The van der Waals surface area contributed by atoms with Gasteiger partial charge in [-0.15, -0.1) is 11.6 Å². The van der Waals surface area contributed by atoms with Gasteiger partial charge in [-0.1, -0.05) is 0 Å². The minimum atomic E-state index is -0.605. The van der Waals surface area contributed by atoms with Crippen LogP contribution in [0.5, 0.6) is 11.5 Å². The Hall–Kier alpha value is -1.95. The van der Waals surface area contributed by atoms with Crippen molar-refractivity contribution in [3.63, 3.8) is 0 Å². The van der Waals surface area contributed by atoms with Gasteiger partial charge < -0.3 is 14.8 Å². The van der Waals surface area contributed by atoms with Gasteiger partial charge in [0, 0.05) is 24.1 Å². The Balaban J connectivity index is 1.95. The summed E-state index contributed by atoms with van der Waals surface area (Å²) in [4.78, 5) is 22.7. The molecule has 0 fully saturated rings. The van der Waals surface area contributed by atoms with E-state index in [9.17, 15) is 9.59 Å². The highest BCUT2D eigenvalue weighted by molar-refractivity contribution is 6.19. The number of halogens is 1. The summed E-state index contributed by atoms with van der Waals surface area (Å²) in [6.07, 6.45) is 0.0934. The van der Waals surface area contributed by atoms with E-state index in [0.29, 0.717) is 30.4 Å². The summed E-state index contributed by atoms with van der Waals surface area (Å²) in [7, 11) is 0. The third kappa shape index (κ3) is 3.75. The summed E-state index contributed by atoms with van der Waals surface area (Å²) in [6, 6.07) is 4.40. The second-order valence-electron chi connectivity index (χ2n) is 3.80. The standard InChI is InChI=1S/C12H13ClN2O4/c13-4-3-11(16)15-12(17)14-8-1-2-9-10(7-8)19-6-5-18-9/h1-2,7H,3-6H2,(H2,14,15,16,17). The van der Waals surface area contributed by atoms with Crippen molar-refractivity contribution in [1.82, 2.24) is 5.32 Å². The van der Waals surface area contributed by atoms with Crippen molar-refractivity contribution in [1.29, 1.82) is 0 Å². The second kappa shape index (κ2) is 6.29. The molecule has 1 aliphatic heterocycles. The van der Waals surface area contributed by atoms with E-state index in [1.165, 1.54) is 0 Å². The Labute approximate surface area is 115 Å². The van der Waals surface area contributed by atoms with Crippen molar-refractivity contribution < 1.29 is 19.1 Å². The molecule has 19 heavy (non-hydrogen) atoms. The fourth-order valence-corrected chi connectivity index (χ4v) is 1.73. The largest absolute Gasteiger partial charge is 0.486 e. The molecular formula is C12H13ClN2O4. The predicted octanol–water partition coefficient (Wildman–Crippen LogP) is 1.73. The quantitative estimate of drug-likeness (QED) is 0.829. The number of nitrogens with one attached hydrogen (secondary N) is 2. The van der Waals surface area contributed by atoms with E-state index in [0.717, 1.165) is 0 Å². The van der Waals surface area contributed by atoms with Gasteiger partial charge in [0.05, 0.1) is 0 Å². The summed E-state index contributed by atoms with van der Waals surface area (Å²) in [5, 5.41) is 4.70. The van der Waals surface area contributed by atoms with Crippen molar-refractivity contribution >= 4 is 29.2 Å². The van der Waals surface area contributed by atoms with E-state index < -0.39 is 11.9 Å². The number of carbonyl (C=O) groups is 2. The summed E-state index contributed by atoms with van der Waals surface area (Å²) < 4.78 is 10.7.